The van der Waals surface area contributed by atoms with Crippen LogP contribution in [-0.4, -0.2) is 39.4 Å². The van der Waals surface area contributed by atoms with E-state index in [4.69, 9.17) is 5.73 Å². The fraction of sp³-hybridized carbons (Fsp3) is 0.786. The predicted octanol–water partition coefficient (Wildman–Crippen LogP) is 1.80. The molecule has 1 aromatic heterocycles. The molecule has 0 aromatic carbocycles. The molecule has 1 aromatic rings. The van der Waals surface area contributed by atoms with Gasteiger partial charge in [0.15, 0.2) is 0 Å². The van der Waals surface area contributed by atoms with Gasteiger partial charge in [-0.05, 0) is 45.3 Å². The van der Waals surface area contributed by atoms with Crippen molar-refractivity contribution < 1.29 is 0 Å². The van der Waals surface area contributed by atoms with Crippen molar-refractivity contribution in [2.45, 2.75) is 52.1 Å². The fourth-order valence-corrected chi connectivity index (χ4v) is 2.55. The van der Waals surface area contributed by atoms with E-state index >= 15 is 0 Å². The van der Waals surface area contributed by atoms with E-state index in [9.17, 15) is 0 Å². The van der Waals surface area contributed by atoms with Crippen LogP contribution in [0.4, 0.5) is 0 Å². The van der Waals surface area contributed by atoms with Gasteiger partial charge in [0, 0.05) is 24.8 Å². The molecule has 0 saturated carbocycles. The van der Waals surface area contributed by atoms with Crippen LogP contribution >= 0.6 is 0 Å². The van der Waals surface area contributed by atoms with Crippen molar-refractivity contribution in [2.24, 2.45) is 12.8 Å². The smallest absolute Gasteiger partial charge is 0.0521 e. The summed E-state index contributed by atoms with van der Waals surface area (Å²) in [4.78, 5) is 2.43. The molecule has 0 radical (unpaired) electrons. The highest BCUT2D eigenvalue weighted by Gasteiger charge is 2.30. The van der Waals surface area contributed by atoms with Crippen molar-refractivity contribution in [3.63, 3.8) is 0 Å². The Morgan fingerprint density at radius 1 is 1.39 bits per heavy atom. The Labute approximate surface area is 111 Å². The van der Waals surface area contributed by atoms with E-state index in [2.05, 4.69) is 43.9 Å². The molecule has 1 atom stereocenters. The van der Waals surface area contributed by atoms with Gasteiger partial charge in [0.1, 0.15) is 0 Å². The van der Waals surface area contributed by atoms with Gasteiger partial charge >= 0.3 is 0 Å². The number of aromatic nitrogens is 2. The van der Waals surface area contributed by atoms with Gasteiger partial charge < -0.3 is 5.73 Å². The molecule has 0 fully saturated rings. The number of nitrogens with zero attached hydrogens (tertiary/aromatic N) is 3. The van der Waals surface area contributed by atoms with E-state index in [0.717, 1.165) is 25.9 Å². The Hall–Kier alpha value is -0.870. The minimum Gasteiger partial charge on any atom is -0.326 e. The number of hydrogen-bond donors (Lipinski definition) is 1. The van der Waals surface area contributed by atoms with E-state index in [1.54, 1.807) is 0 Å². The first-order chi connectivity index (χ1) is 8.41. The lowest BCUT2D eigenvalue weighted by Gasteiger charge is -2.42. The van der Waals surface area contributed by atoms with Crippen molar-refractivity contribution >= 4 is 0 Å². The SMILES string of the molecule is CCN(CC)C(C)(C)C(N)CCc1cnn(C)c1. The summed E-state index contributed by atoms with van der Waals surface area (Å²) in [6, 6.07) is 0.178. The van der Waals surface area contributed by atoms with Gasteiger partial charge in [-0.3, -0.25) is 9.58 Å². The normalized spacial score (nSPS) is 14.2. The quantitative estimate of drug-likeness (QED) is 0.805. The van der Waals surface area contributed by atoms with Crippen molar-refractivity contribution in [1.29, 1.82) is 0 Å². The van der Waals surface area contributed by atoms with Crippen molar-refractivity contribution in [3.8, 4) is 0 Å². The van der Waals surface area contributed by atoms with Crippen LogP contribution in [0.15, 0.2) is 12.4 Å². The molecule has 0 bridgehead atoms. The van der Waals surface area contributed by atoms with Crippen LogP contribution in [0.5, 0.6) is 0 Å². The second kappa shape index (κ2) is 6.34. The first-order valence-electron chi connectivity index (χ1n) is 6.90. The first kappa shape index (κ1) is 15.2. The van der Waals surface area contributed by atoms with Crippen LogP contribution < -0.4 is 5.73 Å². The van der Waals surface area contributed by atoms with Gasteiger partial charge in [-0.2, -0.15) is 5.10 Å². The van der Waals surface area contributed by atoms with Crippen LogP contribution in [0.1, 0.15) is 39.7 Å². The van der Waals surface area contributed by atoms with Crippen molar-refractivity contribution in [2.75, 3.05) is 13.1 Å². The summed E-state index contributed by atoms with van der Waals surface area (Å²) in [5.41, 5.74) is 7.70. The Morgan fingerprint density at radius 2 is 2.00 bits per heavy atom. The molecule has 0 aliphatic rings. The van der Waals surface area contributed by atoms with Gasteiger partial charge in [0.25, 0.3) is 0 Å². The van der Waals surface area contributed by atoms with Crippen LogP contribution in [0.25, 0.3) is 0 Å². The zero-order valence-electron chi connectivity index (χ0n) is 12.5. The van der Waals surface area contributed by atoms with Crippen molar-refractivity contribution in [3.05, 3.63) is 18.0 Å². The van der Waals surface area contributed by atoms with E-state index < -0.39 is 0 Å². The van der Waals surface area contributed by atoms with Gasteiger partial charge in [0.05, 0.1) is 6.20 Å². The average Bonchev–Trinajstić information content (AvgIpc) is 2.73. The minimum atomic E-state index is 0.0473. The van der Waals surface area contributed by atoms with Gasteiger partial charge in [-0.1, -0.05) is 13.8 Å². The maximum Gasteiger partial charge on any atom is 0.0521 e. The second-order valence-electron chi connectivity index (χ2n) is 5.49. The lowest BCUT2D eigenvalue weighted by Crippen LogP contribution is -2.56. The molecule has 1 heterocycles. The molecule has 0 aliphatic heterocycles. The molecule has 1 rings (SSSR count). The Balaban J connectivity index is 2.55. The highest BCUT2D eigenvalue weighted by atomic mass is 15.2. The summed E-state index contributed by atoms with van der Waals surface area (Å²) >= 11 is 0. The van der Waals surface area contributed by atoms with Gasteiger partial charge in [-0.25, -0.2) is 0 Å². The number of rotatable bonds is 7. The van der Waals surface area contributed by atoms with Crippen LogP contribution in [0, 0.1) is 0 Å². The van der Waals surface area contributed by atoms with E-state index in [-0.39, 0.29) is 11.6 Å². The van der Waals surface area contributed by atoms with Crippen LogP contribution in [-0.2, 0) is 13.5 Å². The monoisotopic (exact) mass is 252 g/mol. The molecule has 0 saturated heterocycles. The Bertz CT molecular complexity index is 352. The van der Waals surface area contributed by atoms with E-state index in [1.807, 2.05) is 17.9 Å². The topological polar surface area (TPSA) is 47.1 Å². The van der Waals surface area contributed by atoms with Crippen LogP contribution in [0.2, 0.25) is 0 Å². The lowest BCUT2D eigenvalue weighted by atomic mass is 9.89. The summed E-state index contributed by atoms with van der Waals surface area (Å²) in [7, 11) is 1.95. The highest BCUT2D eigenvalue weighted by Crippen LogP contribution is 2.20. The maximum absolute atomic E-state index is 6.39. The molecule has 4 nitrogen and oxygen atoms in total. The number of aryl methyl sites for hydroxylation is 2. The van der Waals surface area contributed by atoms with Gasteiger partial charge in [-0.15, -0.1) is 0 Å². The number of nitrogens with two attached hydrogens (primary N) is 1. The molecule has 2 N–H and O–H groups in total. The number of likely N-dealkylation sites (N-methyl/N-ethyl adjacent to an activating group) is 1. The highest BCUT2D eigenvalue weighted by molar-refractivity contribution is 5.05. The zero-order chi connectivity index (χ0) is 13.8. The third kappa shape index (κ3) is 3.56. The average molecular weight is 252 g/mol. The third-order valence-corrected chi connectivity index (χ3v) is 3.99. The molecule has 0 spiro atoms. The van der Waals surface area contributed by atoms with Gasteiger partial charge in [0.2, 0.25) is 0 Å². The summed E-state index contributed by atoms with van der Waals surface area (Å²) in [6.07, 6.45) is 5.99. The van der Waals surface area contributed by atoms with E-state index in [1.165, 1.54) is 5.56 Å². The second-order valence-corrected chi connectivity index (χ2v) is 5.49. The third-order valence-electron chi connectivity index (χ3n) is 3.99. The molecule has 0 amide bonds. The largest absolute Gasteiger partial charge is 0.326 e. The maximum atomic E-state index is 6.39. The molecule has 18 heavy (non-hydrogen) atoms. The molecule has 4 heteroatoms. The first-order valence-corrected chi connectivity index (χ1v) is 6.90. The summed E-state index contributed by atoms with van der Waals surface area (Å²) in [6.45, 7) is 11.0. The Morgan fingerprint density at radius 3 is 2.44 bits per heavy atom. The zero-order valence-corrected chi connectivity index (χ0v) is 12.5. The Kier molecular flexibility index (Phi) is 5.35. The summed E-state index contributed by atoms with van der Waals surface area (Å²) < 4.78 is 1.84. The summed E-state index contributed by atoms with van der Waals surface area (Å²) in [5, 5.41) is 4.19. The van der Waals surface area contributed by atoms with Crippen LogP contribution in [0.3, 0.4) is 0 Å². The number of hydrogen-bond acceptors (Lipinski definition) is 3. The standard InChI is InChI=1S/C14H28N4/c1-6-18(7-2)14(3,4)13(15)9-8-12-10-16-17(5)11-12/h10-11,13H,6-9,15H2,1-5H3. The summed E-state index contributed by atoms with van der Waals surface area (Å²) in [5.74, 6) is 0. The molecular formula is C14H28N4. The predicted molar refractivity (Wildman–Crippen MR) is 76.5 cm³/mol. The van der Waals surface area contributed by atoms with E-state index in [0.29, 0.717) is 0 Å². The molecule has 104 valence electrons. The van der Waals surface area contributed by atoms with Crippen molar-refractivity contribution in [1.82, 2.24) is 14.7 Å². The molecule has 1 unspecified atom stereocenters. The minimum absolute atomic E-state index is 0.0473. The fourth-order valence-electron chi connectivity index (χ4n) is 2.55. The molecular weight excluding hydrogens is 224 g/mol. The lowest BCUT2D eigenvalue weighted by molar-refractivity contribution is 0.103. The molecule has 0 aliphatic carbocycles.